The molecule has 1 unspecified atom stereocenters. The SMILES string of the molecule is CCC(CC)(c1ccc(CCC(O)C(C)(C)C)c(C)c1)c1ccc(-c2ccc(C)o2)c(C)c1.O=C=O. The van der Waals surface area contributed by atoms with Gasteiger partial charge in [0.15, 0.2) is 0 Å². The molecule has 1 aromatic heterocycles. The zero-order valence-electron chi connectivity index (χ0n) is 23.2. The summed E-state index contributed by atoms with van der Waals surface area (Å²) in [6.45, 7) is 17.3. The summed E-state index contributed by atoms with van der Waals surface area (Å²) in [5, 5.41) is 10.5. The summed E-state index contributed by atoms with van der Waals surface area (Å²) < 4.78 is 5.88. The molecule has 0 bridgehead atoms. The summed E-state index contributed by atoms with van der Waals surface area (Å²) >= 11 is 0. The van der Waals surface area contributed by atoms with E-state index in [0.717, 1.165) is 42.8 Å². The van der Waals surface area contributed by atoms with Gasteiger partial charge in [-0.25, -0.2) is 0 Å². The van der Waals surface area contributed by atoms with Gasteiger partial charge in [0.1, 0.15) is 11.5 Å². The van der Waals surface area contributed by atoms with E-state index in [1.165, 1.54) is 27.8 Å². The molecular weight excluding hydrogens is 448 g/mol. The summed E-state index contributed by atoms with van der Waals surface area (Å²) in [7, 11) is 0. The number of furan rings is 1. The van der Waals surface area contributed by atoms with E-state index in [9.17, 15) is 5.11 Å². The van der Waals surface area contributed by atoms with E-state index in [1.54, 1.807) is 0 Å². The number of carbonyl (C=O) groups excluding carboxylic acids is 2. The van der Waals surface area contributed by atoms with Crippen molar-refractivity contribution in [2.24, 2.45) is 5.41 Å². The highest BCUT2D eigenvalue weighted by molar-refractivity contribution is 5.63. The lowest BCUT2D eigenvalue weighted by atomic mass is 9.69. The highest BCUT2D eigenvalue weighted by Gasteiger charge is 2.31. The summed E-state index contributed by atoms with van der Waals surface area (Å²) in [6, 6.07) is 17.9. The van der Waals surface area contributed by atoms with Crippen LogP contribution in [0.3, 0.4) is 0 Å². The van der Waals surface area contributed by atoms with Gasteiger partial charge in [-0.3, -0.25) is 0 Å². The number of hydrogen-bond donors (Lipinski definition) is 1. The number of aryl methyl sites for hydroxylation is 4. The number of hydrogen-bond acceptors (Lipinski definition) is 4. The standard InChI is InChI=1S/C31H42O2.CO2/c1-9-31(10-2,26-15-16-27(22(4)20-26)28-17-11-23(5)33-28)25-14-12-24(21(3)19-25)13-18-29(32)30(6,7)8;2-1-3/h11-12,14-17,19-20,29,32H,9-10,13,18H2,1-8H3;. The number of benzene rings is 2. The minimum atomic E-state index is -0.290. The largest absolute Gasteiger partial charge is 0.461 e. The summed E-state index contributed by atoms with van der Waals surface area (Å²) in [4.78, 5) is 16.2. The van der Waals surface area contributed by atoms with Crippen LogP contribution in [0.1, 0.15) is 87.5 Å². The Bertz CT molecular complexity index is 1170. The summed E-state index contributed by atoms with van der Waals surface area (Å²) in [5.41, 5.74) is 7.72. The highest BCUT2D eigenvalue weighted by atomic mass is 16.3. The predicted molar refractivity (Wildman–Crippen MR) is 145 cm³/mol. The first kappa shape index (κ1) is 29.3. The number of aliphatic hydroxyl groups is 1. The molecule has 0 aliphatic heterocycles. The van der Waals surface area contributed by atoms with Crippen LogP contribution in [0.5, 0.6) is 0 Å². The van der Waals surface area contributed by atoms with Crippen molar-refractivity contribution in [1.82, 2.24) is 0 Å². The molecule has 0 radical (unpaired) electrons. The maximum Gasteiger partial charge on any atom is 0.373 e. The molecular formula is C32H42O4. The van der Waals surface area contributed by atoms with Crippen molar-refractivity contribution < 1.29 is 19.1 Å². The van der Waals surface area contributed by atoms with Crippen LogP contribution in [0, 0.1) is 26.2 Å². The van der Waals surface area contributed by atoms with Crippen LogP contribution in [0.25, 0.3) is 11.3 Å². The van der Waals surface area contributed by atoms with Gasteiger partial charge in [0.25, 0.3) is 0 Å². The van der Waals surface area contributed by atoms with Crippen molar-refractivity contribution in [2.75, 3.05) is 0 Å². The Morgan fingerprint density at radius 3 is 1.86 bits per heavy atom. The molecule has 0 fully saturated rings. The monoisotopic (exact) mass is 490 g/mol. The molecule has 0 saturated heterocycles. The lowest BCUT2D eigenvalue weighted by Crippen LogP contribution is -2.27. The van der Waals surface area contributed by atoms with Crippen molar-refractivity contribution >= 4 is 6.15 Å². The van der Waals surface area contributed by atoms with E-state index >= 15 is 0 Å². The van der Waals surface area contributed by atoms with Crippen LogP contribution >= 0.6 is 0 Å². The minimum Gasteiger partial charge on any atom is -0.461 e. The molecule has 0 saturated carbocycles. The Morgan fingerprint density at radius 1 is 0.861 bits per heavy atom. The third-order valence-corrected chi connectivity index (χ3v) is 7.57. The van der Waals surface area contributed by atoms with Crippen molar-refractivity contribution in [1.29, 1.82) is 0 Å². The van der Waals surface area contributed by atoms with Gasteiger partial charge in [-0.1, -0.05) is 71.0 Å². The fraction of sp³-hybridized carbons (Fsp3) is 0.469. The van der Waals surface area contributed by atoms with E-state index in [0.29, 0.717) is 0 Å². The van der Waals surface area contributed by atoms with Crippen LogP contribution in [0.4, 0.5) is 0 Å². The van der Waals surface area contributed by atoms with Crippen LogP contribution in [0.2, 0.25) is 0 Å². The van der Waals surface area contributed by atoms with E-state index in [2.05, 4.69) is 90.9 Å². The summed E-state index contributed by atoms with van der Waals surface area (Å²) in [5.74, 6) is 1.88. The fourth-order valence-electron chi connectivity index (χ4n) is 5.05. The molecule has 1 atom stereocenters. The van der Waals surface area contributed by atoms with Gasteiger partial charge in [0.05, 0.1) is 6.10 Å². The molecule has 36 heavy (non-hydrogen) atoms. The number of aliphatic hydroxyl groups excluding tert-OH is 1. The van der Waals surface area contributed by atoms with Gasteiger partial charge < -0.3 is 9.52 Å². The van der Waals surface area contributed by atoms with E-state index < -0.39 is 0 Å². The average molecular weight is 491 g/mol. The second-order valence-electron chi connectivity index (χ2n) is 10.9. The second kappa shape index (κ2) is 12.3. The maximum absolute atomic E-state index is 10.5. The molecule has 3 rings (SSSR count). The molecule has 0 amide bonds. The van der Waals surface area contributed by atoms with E-state index in [-0.39, 0.29) is 23.1 Å². The third-order valence-electron chi connectivity index (χ3n) is 7.57. The lowest BCUT2D eigenvalue weighted by Gasteiger charge is -2.34. The topological polar surface area (TPSA) is 67.5 Å². The van der Waals surface area contributed by atoms with Crippen molar-refractivity contribution in [3.05, 3.63) is 82.1 Å². The first-order valence-corrected chi connectivity index (χ1v) is 12.9. The maximum atomic E-state index is 10.5. The van der Waals surface area contributed by atoms with Gasteiger partial charge in [0, 0.05) is 11.0 Å². The van der Waals surface area contributed by atoms with Gasteiger partial charge in [-0.15, -0.1) is 0 Å². The molecule has 4 nitrogen and oxygen atoms in total. The van der Waals surface area contributed by atoms with Gasteiger partial charge in [-0.05, 0) is 91.8 Å². The van der Waals surface area contributed by atoms with Crippen LogP contribution < -0.4 is 0 Å². The fourth-order valence-corrected chi connectivity index (χ4v) is 5.05. The Morgan fingerprint density at radius 2 is 1.42 bits per heavy atom. The highest BCUT2D eigenvalue weighted by Crippen LogP contribution is 2.41. The molecule has 0 aliphatic carbocycles. The normalized spacial score (nSPS) is 12.5. The molecule has 1 heterocycles. The summed E-state index contributed by atoms with van der Waals surface area (Å²) in [6.07, 6.45) is 3.75. The quantitative estimate of drug-likeness (QED) is 0.351. The van der Waals surface area contributed by atoms with Gasteiger partial charge in [0.2, 0.25) is 0 Å². The molecule has 194 valence electrons. The zero-order chi connectivity index (χ0) is 27.1. The van der Waals surface area contributed by atoms with Crippen molar-refractivity contribution in [2.45, 2.75) is 92.6 Å². The lowest BCUT2D eigenvalue weighted by molar-refractivity contribution is -0.191. The molecule has 2 aromatic carbocycles. The molecule has 1 N–H and O–H groups in total. The van der Waals surface area contributed by atoms with Gasteiger partial charge in [-0.2, -0.15) is 9.59 Å². The van der Waals surface area contributed by atoms with Crippen LogP contribution in [-0.2, 0) is 21.4 Å². The first-order chi connectivity index (χ1) is 16.9. The average Bonchev–Trinajstić information content (AvgIpc) is 3.25. The molecule has 0 spiro atoms. The third kappa shape index (κ3) is 6.63. The first-order valence-electron chi connectivity index (χ1n) is 12.9. The van der Waals surface area contributed by atoms with Crippen LogP contribution in [0.15, 0.2) is 52.9 Å². The zero-order valence-corrected chi connectivity index (χ0v) is 23.2. The van der Waals surface area contributed by atoms with Crippen molar-refractivity contribution in [3.63, 3.8) is 0 Å². The molecule has 4 heteroatoms. The molecule has 0 aliphatic rings. The van der Waals surface area contributed by atoms with E-state index in [4.69, 9.17) is 14.0 Å². The van der Waals surface area contributed by atoms with Crippen molar-refractivity contribution in [3.8, 4) is 11.3 Å². The molecule has 3 aromatic rings. The Kier molecular flexibility index (Phi) is 10.0. The Balaban J connectivity index is 0.00000145. The smallest absolute Gasteiger partial charge is 0.373 e. The number of rotatable bonds is 8. The minimum absolute atomic E-state index is 0.0173. The Hall–Kier alpha value is -2.94. The second-order valence-corrected chi connectivity index (χ2v) is 10.9. The van der Waals surface area contributed by atoms with Gasteiger partial charge >= 0.3 is 6.15 Å². The van der Waals surface area contributed by atoms with Crippen LogP contribution in [-0.4, -0.2) is 17.4 Å². The Labute approximate surface area is 216 Å². The van der Waals surface area contributed by atoms with E-state index in [1.807, 2.05) is 13.0 Å². The predicted octanol–water partition coefficient (Wildman–Crippen LogP) is 7.73.